The highest BCUT2D eigenvalue weighted by Crippen LogP contribution is 2.32. The van der Waals surface area contributed by atoms with Gasteiger partial charge in [0.15, 0.2) is 0 Å². The van der Waals surface area contributed by atoms with Crippen LogP contribution in [-0.2, 0) is 11.3 Å². The fraction of sp³-hybridized carbons (Fsp3) is 0.476. The lowest BCUT2D eigenvalue weighted by Crippen LogP contribution is -2.36. The fourth-order valence-electron chi connectivity index (χ4n) is 3.48. The number of morpholine rings is 1. The van der Waals surface area contributed by atoms with E-state index in [0.29, 0.717) is 28.8 Å². The van der Waals surface area contributed by atoms with Crippen molar-refractivity contribution < 1.29 is 9.53 Å². The highest BCUT2D eigenvalue weighted by molar-refractivity contribution is 7.20. The van der Waals surface area contributed by atoms with Gasteiger partial charge in [-0.3, -0.25) is 9.48 Å². The molecule has 1 N–H and O–H groups in total. The number of aryl methyl sites for hydroxylation is 1. The molecule has 7 nitrogen and oxygen atoms in total. The largest absolute Gasteiger partial charge is 0.378 e. The molecule has 1 aliphatic rings. The van der Waals surface area contributed by atoms with Gasteiger partial charge in [-0.1, -0.05) is 32.4 Å². The van der Waals surface area contributed by atoms with E-state index in [1.807, 2.05) is 17.7 Å². The summed E-state index contributed by atoms with van der Waals surface area (Å²) in [5.74, 6) is 0.549. The Balaban J connectivity index is 1.53. The van der Waals surface area contributed by atoms with E-state index in [2.05, 4.69) is 41.1 Å². The maximum atomic E-state index is 12.9. The SMILES string of the molecule is Cc1nn(CC(C)(C)C)c2sc(C(=O)Nc3cnc(N4CCOCC4)c(Cl)c3)cc12. The Kier molecular flexibility index (Phi) is 5.74. The summed E-state index contributed by atoms with van der Waals surface area (Å²) in [6.07, 6.45) is 1.65. The highest BCUT2D eigenvalue weighted by atomic mass is 35.5. The Hall–Kier alpha value is -2.16. The van der Waals surface area contributed by atoms with Crippen LogP contribution in [0.1, 0.15) is 36.1 Å². The zero-order chi connectivity index (χ0) is 21.5. The van der Waals surface area contributed by atoms with Crippen molar-refractivity contribution in [2.75, 3.05) is 36.5 Å². The van der Waals surface area contributed by atoms with Crippen LogP contribution in [0, 0.1) is 12.3 Å². The van der Waals surface area contributed by atoms with Crippen LogP contribution in [-0.4, -0.2) is 47.0 Å². The second-order valence-corrected chi connectivity index (χ2v) is 10.2. The van der Waals surface area contributed by atoms with Crippen LogP contribution in [0.3, 0.4) is 0 Å². The smallest absolute Gasteiger partial charge is 0.265 e. The van der Waals surface area contributed by atoms with Crippen molar-refractivity contribution in [2.24, 2.45) is 5.41 Å². The standard InChI is InChI=1S/C21H26ClN5O2S/c1-13-15-10-17(30-20(15)27(25-13)12-21(2,3)4)19(28)24-14-9-16(22)18(23-11-14)26-5-7-29-8-6-26/h9-11H,5-8,12H2,1-4H3,(H,24,28). The highest BCUT2D eigenvalue weighted by Gasteiger charge is 2.21. The van der Waals surface area contributed by atoms with Crippen molar-refractivity contribution in [1.29, 1.82) is 0 Å². The predicted molar refractivity (Wildman–Crippen MR) is 122 cm³/mol. The van der Waals surface area contributed by atoms with Gasteiger partial charge in [0.1, 0.15) is 10.6 Å². The molecule has 3 aromatic rings. The van der Waals surface area contributed by atoms with Gasteiger partial charge in [-0.25, -0.2) is 4.98 Å². The second kappa shape index (κ2) is 8.17. The molecule has 0 radical (unpaired) electrons. The summed E-state index contributed by atoms with van der Waals surface area (Å²) in [7, 11) is 0. The number of pyridine rings is 1. The summed E-state index contributed by atoms with van der Waals surface area (Å²) in [6, 6.07) is 3.66. The summed E-state index contributed by atoms with van der Waals surface area (Å²) in [6.45, 7) is 12.1. The number of carbonyl (C=O) groups is 1. The number of carbonyl (C=O) groups excluding carboxylic acids is 1. The number of nitrogens with one attached hydrogen (secondary N) is 1. The van der Waals surface area contributed by atoms with E-state index >= 15 is 0 Å². The molecule has 0 spiro atoms. The molecule has 1 saturated heterocycles. The van der Waals surface area contributed by atoms with Crippen LogP contribution < -0.4 is 10.2 Å². The summed E-state index contributed by atoms with van der Waals surface area (Å²) in [4.78, 5) is 21.1. The maximum absolute atomic E-state index is 12.9. The van der Waals surface area contributed by atoms with Crippen molar-refractivity contribution in [3.63, 3.8) is 0 Å². The van der Waals surface area contributed by atoms with Gasteiger partial charge in [0.2, 0.25) is 0 Å². The molecule has 3 aromatic heterocycles. The van der Waals surface area contributed by atoms with Crippen molar-refractivity contribution in [3.8, 4) is 0 Å². The van der Waals surface area contributed by atoms with E-state index in [1.54, 1.807) is 12.3 Å². The number of thiophene rings is 1. The third-order valence-corrected chi connectivity index (χ3v) is 6.27. The third-order valence-electron chi connectivity index (χ3n) is 4.85. The molecule has 4 rings (SSSR count). The molecule has 0 saturated carbocycles. The Morgan fingerprint density at radius 3 is 2.70 bits per heavy atom. The van der Waals surface area contributed by atoms with E-state index in [1.165, 1.54) is 11.3 Å². The first-order valence-electron chi connectivity index (χ1n) is 9.98. The molecule has 1 amide bonds. The van der Waals surface area contributed by atoms with Crippen molar-refractivity contribution >= 4 is 50.6 Å². The number of rotatable bonds is 4. The van der Waals surface area contributed by atoms with Gasteiger partial charge in [0.05, 0.1) is 40.7 Å². The van der Waals surface area contributed by atoms with Crippen molar-refractivity contribution in [1.82, 2.24) is 14.8 Å². The van der Waals surface area contributed by atoms with Crippen LogP contribution in [0.2, 0.25) is 5.02 Å². The lowest BCUT2D eigenvalue weighted by molar-refractivity contribution is 0.103. The average Bonchev–Trinajstić information content (AvgIpc) is 3.23. The Morgan fingerprint density at radius 1 is 1.30 bits per heavy atom. The molecule has 0 bridgehead atoms. The molecule has 160 valence electrons. The van der Waals surface area contributed by atoms with Crippen LogP contribution >= 0.6 is 22.9 Å². The minimum Gasteiger partial charge on any atom is -0.378 e. The summed E-state index contributed by atoms with van der Waals surface area (Å²) in [5, 5.41) is 9.10. The quantitative estimate of drug-likeness (QED) is 0.633. The molecule has 1 fully saturated rings. The van der Waals surface area contributed by atoms with Crippen LogP contribution in [0.5, 0.6) is 0 Å². The van der Waals surface area contributed by atoms with E-state index in [0.717, 1.165) is 41.4 Å². The minimum absolute atomic E-state index is 0.0997. The molecular formula is C21H26ClN5O2S. The maximum Gasteiger partial charge on any atom is 0.265 e. The van der Waals surface area contributed by atoms with E-state index in [4.69, 9.17) is 16.3 Å². The molecule has 1 aliphatic heterocycles. The number of anilines is 2. The molecule has 0 unspecified atom stereocenters. The first-order chi connectivity index (χ1) is 14.2. The van der Waals surface area contributed by atoms with Gasteiger partial charge in [-0.15, -0.1) is 11.3 Å². The lowest BCUT2D eigenvalue weighted by Gasteiger charge is -2.28. The van der Waals surface area contributed by atoms with Crippen LogP contribution in [0.4, 0.5) is 11.5 Å². The van der Waals surface area contributed by atoms with Gasteiger partial charge < -0.3 is 15.0 Å². The number of nitrogens with zero attached hydrogens (tertiary/aromatic N) is 4. The second-order valence-electron chi connectivity index (χ2n) is 8.72. The van der Waals surface area contributed by atoms with Gasteiger partial charge in [0, 0.05) is 25.0 Å². The summed E-state index contributed by atoms with van der Waals surface area (Å²) >= 11 is 7.89. The van der Waals surface area contributed by atoms with Gasteiger partial charge in [-0.2, -0.15) is 5.10 Å². The molecule has 0 aromatic carbocycles. The van der Waals surface area contributed by atoms with Crippen molar-refractivity contribution in [2.45, 2.75) is 34.2 Å². The number of halogens is 1. The molecule has 0 atom stereocenters. The van der Waals surface area contributed by atoms with Crippen molar-refractivity contribution in [3.05, 3.63) is 33.9 Å². The number of amides is 1. The normalized spacial score (nSPS) is 15.0. The number of fused-ring (bicyclic) bond motifs is 1. The zero-order valence-electron chi connectivity index (χ0n) is 17.7. The van der Waals surface area contributed by atoms with E-state index in [-0.39, 0.29) is 11.3 Å². The monoisotopic (exact) mass is 447 g/mol. The van der Waals surface area contributed by atoms with Gasteiger partial charge in [-0.05, 0) is 24.5 Å². The van der Waals surface area contributed by atoms with Gasteiger partial charge in [0.25, 0.3) is 5.91 Å². The lowest BCUT2D eigenvalue weighted by atomic mass is 9.97. The zero-order valence-corrected chi connectivity index (χ0v) is 19.2. The minimum atomic E-state index is -0.171. The number of ether oxygens (including phenoxy) is 1. The van der Waals surface area contributed by atoms with Crippen LogP contribution in [0.25, 0.3) is 10.2 Å². The number of hydrogen-bond acceptors (Lipinski definition) is 6. The number of hydrogen-bond donors (Lipinski definition) is 1. The van der Waals surface area contributed by atoms with Gasteiger partial charge >= 0.3 is 0 Å². The predicted octanol–water partition coefficient (Wildman–Crippen LogP) is 4.59. The Labute approximate surface area is 185 Å². The third kappa shape index (κ3) is 4.45. The number of aromatic nitrogens is 3. The molecule has 9 heteroatoms. The topological polar surface area (TPSA) is 72.3 Å². The van der Waals surface area contributed by atoms with E-state index < -0.39 is 0 Å². The van der Waals surface area contributed by atoms with E-state index in [9.17, 15) is 4.79 Å². The molecular weight excluding hydrogens is 422 g/mol. The van der Waals surface area contributed by atoms with Crippen LogP contribution in [0.15, 0.2) is 18.3 Å². The summed E-state index contributed by atoms with van der Waals surface area (Å²) < 4.78 is 7.38. The first-order valence-corrected chi connectivity index (χ1v) is 11.2. The average molecular weight is 448 g/mol. The fourth-order valence-corrected chi connectivity index (χ4v) is 4.82. The molecule has 4 heterocycles. The summed E-state index contributed by atoms with van der Waals surface area (Å²) in [5.41, 5.74) is 1.61. The first kappa shape index (κ1) is 21.1. The molecule has 0 aliphatic carbocycles. The Bertz CT molecular complexity index is 1080. The molecule has 30 heavy (non-hydrogen) atoms. The Morgan fingerprint density at radius 2 is 2.03 bits per heavy atom.